The lowest BCUT2D eigenvalue weighted by Crippen LogP contribution is -2.16. The van der Waals surface area contributed by atoms with E-state index >= 15 is 0 Å². The quantitative estimate of drug-likeness (QED) is 0.409. The highest BCUT2D eigenvalue weighted by atomic mass is 79.9. The van der Waals surface area contributed by atoms with Gasteiger partial charge in [0.15, 0.2) is 18.2 Å². The number of hydrogen-bond donors (Lipinski definition) is 0. The highest BCUT2D eigenvalue weighted by molar-refractivity contribution is 9.10. The Morgan fingerprint density at radius 3 is 2.78 bits per heavy atom. The van der Waals surface area contributed by atoms with Crippen LogP contribution >= 0.6 is 27.5 Å². The van der Waals surface area contributed by atoms with E-state index in [4.69, 9.17) is 25.5 Å². The number of halogens is 3. The van der Waals surface area contributed by atoms with E-state index in [2.05, 4.69) is 15.9 Å². The number of hydrogen-bond acceptors (Lipinski definition) is 5. The third kappa shape index (κ3) is 4.67. The zero-order chi connectivity index (χ0) is 19.6. The van der Waals surface area contributed by atoms with E-state index in [9.17, 15) is 14.0 Å². The smallest absolute Gasteiger partial charge is 0.344 e. The number of fused-ring (bicyclic) bond motifs is 1. The SMILES string of the molecule is Cc1cc2oc(=O)cc(COC(=O)COc3ccc(Br)cc3F)c2cc1Cl. The Morgan fingerprint density at radius 2 is 2.04 bits per heavy atom. The van der Waals surface area contributed by atoms with E-state index in [1.165, 1.54) is 18.2 Å². The van der Waals surface area contributed by atoms with Crippen molar-refractivity contribution in [3.05, 3.63) is 73.3 Å². The molecule has 0 saturated heterocycles. The van der Waals surface area contributed by atoms with Gasteiger partial charge in [-0.2, -0.15) is 0 Å². The summed E-state index contributed by atoms with van der Waals surface area (Å²) in [5.74, 6) is -1.38. The second-order valence-electron chi connectivity index (χ2n) is 5.71. The zero-order valence-corrected chi connectivity index (χ0v) is 16.4. The number of rotatable bonds is 5. The molecule has 0 aliphatic carbocycles. The minimum atomic E-state index is -0.711. The monoisotopic (exact) mass is 454 g/mol. The van der Waals surface area contributed by atoms with Gasteiger partial charge >= 0.3 is 11.6 Å². The fraction of sp³-hybridized carbons (Fsp3) is 0.158. The fourth-order valence-electron chi connectivity index (χ4n) is 2.40. The first-order chi connectivity index (χ1) is 12.8. The van der Waals surface area contributed by atoms with E-state index < -0.39 is 24.0 Å². The van der Waals surface area contributed by atoms with E-state index in [0.29, 0.717) is 26.0 Å². The van der Waals surface area contributed by atoms with Gasteiger partial charge in [0.2, 0.25) is 0 Å². The Balaban J connectivity index is 1.70. The lowest BCUT2D eigenvalue weighted by Gasteiger charge is -2.10. The number of aryl methyl sites for hydroxylation is 1. The number of ether oxygens (including phenoxy) is 2. The molecule has 0 atom stereocenters. The van der Waals surface area contributed by atoms with E-state index in [1.54, 1.807) is 25.1 Å². The molecule has 0 aliphatic rings. The molecule has 140 valence electrons. The van der Waals surface area contributed by atoms with Gasteiger partial charge in [-0.3, -0.25) is 0 Å². The summed E-state index contributed by atoms with van der Waals surface area (Å²) in [5, 5.41) is 1.07. The molecule has 0 amide bonds. The van der Waals surface area contributed by atoms with Crippen LogP contribution in [-0.2, 0) is 16.1 Å². The largest absolute Gasteiger partial charge is 0.479 e. The minimum absolute atomic E-state index is 0.0665. The summed E-state index contributed by atoms with van der Waals surface area (Å²) in [5.41, 5.74) is 0.991. The van der Waals surface area contributed by atoms with Crippen LogP contribution in [0.3, 0.4) is 0 Å². The summed E-state index contributed by atoms with van der Waals surface area (Å²) in [6.45, 7) is 1.14. The second kappa shape index (κ2) is 8.10. The maximum absolute atomic E-state index is 13.7. The summed E-state index contributed by atoms with van der Waals surface area (Å²) in [4.78, 5) is 23.6. The first-order valence-electron chi connectivity index (χ1n) is 7.80. The average molecular weight is 456 g/mol. The van der Waals surface area contributed by atoms with Crippen LogP contribution < -0.4 is 10.4 Å². The molecule has 0 fully saturated rings. The second-order valence-corrected chi connectivity index (χ2v) is 7.04. The van der Waals surface area contributed by atoms with Crippen molar-refractivity contribution in [2.45, 2.75) is 13.5 Å². The van der Waals surface area contributed by atoms with E-state index in [-0.39, 0.29) is 12.4 Å². The molecule has 27 heavy (non-hydrogen) atoms. The third-order valence-corrected chi connectivity index (χ3v) is 4.64. The number of benzene rings is 2. The highest BCUT2D eigenvalue weighted by Gasteiger charge is 2.12. The number of esters is 1. The Kier molecular flexibility index (Phi) is 5.82. The average Bonchev–Trinajstić information content (AvgIpc) is 2.60. The van der Waals surface area contributed by atoms with E-state index in [1.807, 2.05) is 0 Å². The van der Waals surface area contributed by atoms with Gasteiger partial charge in [-0.05, 0) is 42.8 Å². The lowest BCUT2D eigenvalue weighted by molar-refractivity contribution is -0.147. The summed E-state index contributed by atoms with van der Waals surface area (Å²) < 4.78 is 29.6. The minimum Gasteiger partial charge on any atom is -0.479 e. The van der Waals surface area contributed by atoms with Gasteiger partial charge < -0.3 is 13.9 Å². The molecule has 1 aromatic heterocycles. The molecule has 0 spiro atoms. The van der Waals surface area contributed by atoms with Crippen LogP contribution in [0.2, 0.25) is 5.02 Å². The molecule has 3 rings (SSSR count). The van der Waals surface area contributed by atoms with Gasteiger partial charge in [0.05, 0.1) is 0 Å². The summed E-state index contributed by atoms with van der Waals surface area (Å²) >= 11 is 9.25. The van der Waals surface area contributed by atoms with Gasteiger partial charge in [-0.15, -0.1) is 0 Å². The highest BCUT2D eigenvalue weighted by Crippen LogP contribution is 2.26. The predicted octanol–water partition coefficient (Wildman–Crippen LogP) is 4.78. The topological polar surface area (TPSA) is 65.7 Å². The Labute approximate surface area is 166 Å². The summed E-state index contributed by atoms with van der Waals surface area (Å²) in [6.07, 6.45) is 0. The van der Waals surface area contributed by atoms with Crippen molar-refractivity contribution in [1.82, 2.24) is 0 Å². The van der Waals surface area contributed by atoms with Crippen LogP contribution in [0.25, 0.3) is 11.0 Å². The Hall–Kier alpha value is -2.38. The van der Waals surface area contributed by atoms with Crippen LogP contribution in [0, 0.1) is 12.7 Å². The molecule has 0 unspecified atom stereocenters. The normalized spacial score (nSPS) is 10.8. The molecule has 3 aromatic rings. The molecule has 0 radical (unpaired) electrons. The van der Waals surface area contributed by atoms with Crippen molar-refractivity contribution in [3.8, 4) is 5.75 Å². The van der Waals surface area contributed by atoms with Gasteiger partial charge in [0.1, 0.15) is 12.2 Å². The molecule has 0 saturated carbocycles. The van der Waals surface area contributed by atoms with Crippen molar-refractivity contribution in [2.24, 2.45) is 0 Å². The number of carbonyl (C=O) groups excluding carboxylic acids is 1. The lowest BCUT2D eigenvalue weighted by atomic mass is 10.1. The van der Waals surface area contributed by atoms with Gasteiger partial charge in [0.25, 0.3) is 0 Å². The maximum Gasteiger partial charge on any atom is 0.344 e. The van der Waals surface area contributed by atoms with Crippen LogP contribution in [0.4, 0.5) is 4.39 Å². The molecule has 0 aliphatic heterocycles. The third-order valence-electron chi connectivity index (χ3n) is 3.74. The van der Waals surface area contributed by atoms with Crippen molar-refractivity contribution < 1.29 is 23.1 Å². The van der Waals surface area contributed by atoms with Crippen molar-refractivity contribution in [1.29, 1.82) is 0 Å². The molecule has 0 bridgehead atoms. The molecule has 1 heterocycles. The molecular weight excluding hydrogens is 443 g/mol. The van der Waals surface area contributed by atoms with Crippen LogP contribution in [0.15, 0.2) is 50.1 Å². The Morgan fingerprint density at radius 1 is 1.26 bits per heavy atom. The zero-order valence-electron chi connectivity index (χ0n) is 14.1. The van der Waals surface area contributed by atoms with Crippen LogP contribution in [-0.4, -0.2) is 12.6 Å². The summed E-state index contributed by atoms with van der Waals surface area (Å²) in [7, 11) is 0. The Bertz CT molecular complexity index is 1080. The standard InChI is InChI=1S/C19H13BrClFO5/c1-10-4-17-13(7-14(10)21)11(5-18(23)27-17)8-26-19(24)9-25-16-3-2-12(20)6-15(16)22/h2-7H,8-9H2,1H3. The molecular formula is C19H13BrClFO5. The van der Waals surface area contributed by atoms with Crippen molar-refractivity contribution in [2.75, 3.05) is 6.61 Å². The first kappa shape index (κ1) is 19.4. The van der Waals surface area contributed by atoms with Crippen LogP contribution in [0.1, 0.15) is 11.1 Å². The summed E-state index contributed by atoms with van der Waals surface area (Å²) in [6, 6.07) is 8.73. The first-order valence-corrected chi connectivity index (χ1v) is 8.97. The van der Waals surface area contributed by atoms with E-state index in [0.717, 1.165) is 5.56 Å². The molecule has 8 heteroatoms. The van der Waals surface area contributed by atoms with Crippen molar-refractivity contribution >= 4 is 44.5 Å². The van der Waals surface area contributed by atoms with Crippen molar-refractivity contribution in [3.63, 3.8) is 0 Å². The predicted molar refractivity (Wildman–Crippen MR) is 102 cm³/mol. The van der Waals surface area contributed by atoms with Gasteiger partial charge in [-0.25, -0.2) is 14.0 Å². The van der Waals surface area contributed by atoms with Gasteiger partial charge in [0, 0.05) is 26.5 Å². The fourth-order valence-corrected chi connectivity index (χ4v) is 2.89. The molecule has 5 nitrogen and oxygen atoms in total. The van der Waals surface area contributed by atoms with Gasteiger partial charge in [-0.1, -0.05) is 27.5 Å². The molecule has 0 N–H and O–H groups in total. The molecule has 2 aromatic carbocycles. The maximum atomic E-state index is 13.7. The van der Waals surface area contributed by atoms with Crippen LogP contribution in [0.5, 0.6) is 5.75 Å². The number of carbonyl (C=O) groups is 1.